The van der Waals surface area contributed by atoms with Crippen LogP contribution in [0, 0.1) is 0 Å². The summed E-state index contributed by atoms with van der Waals surface area (Å²) in [5, 5.41) is 6.08. The molecule has 3 heterocycles. The summed E-state index contributed by atoms with van der Waals surface area (Å²) in [6, 6.07) is 15.7. The number of aromatic nitrogens is 2. The molecule has 0 aliphatic carbocycles. The Bertz CT molecular complexity index is 1360. The molecule has 5 rings (SSSR count). The van der Waals surface area contributed by atoms with Gasteiger partial charge in [0, 0.05) is 62.6 Å². The van der Waals surface area contributed by atoms with Crippen LogP contribution in [-0.4, -0.2) is 68.3 Å². The fourth-order valence-corrected chi connectivity index (χ4v) is 5.27. The van der Waals surface area contributed by atoms with Gasteiger partial charge in [-0.15, -0.1) is 11.3 Å². The van der Waals surface area contributed by atoms with Crippen LogP contribution in [0.15, 0.2) is 53.9 Å². The second-order valence-corrected chi connectivity index (χ2v) is 9.67. The van der Waals surface area contributed by atoms with Gasteiger partial charge in [-0.25, -0.2) is 9.78 Å². The highest BCUT2D eigenvalue weighted by molar-refractivity contribution is 7.17. The first kappa shape index (κ1) is 23.7. The third kappa shape index (κ3) is 4.72. The van der Waals surface area contributed by atoms with Gasteiger partial charge in [0.25, 0.3) is 0 Å². The van der Waals surface area contributed by atoms with E-state index in [2.05, 4.69) is 25.6 Å². The number of anilines is 4. The number of nitrogens with two attached hydrogens (primary N) is 1. The smallest absolute Gasteiger partial charge is 0.321 e. The topological polar surface area (TPSA) is 99.8 Å². The highest BCUT2D eigenvalue weighted by Gasteiger charge is 2.25. The van der Waals surface area contributed by atoms with Crippen LogP contribution in [0.2, 0.25) is 0 Å². The Balaban J connectivity index is 1.33. The number of benzene rings is 2. The molecule has 1 saturated heterocycles. The maximum absolute atomic E-state index is 12.9. The molecule has 2 aromatic heterocycles. The summed E-state index contributed by atoms with van der Waals surface area (Å²) in [6.45, 7) is 2.46. The molecular formula is C26H29N7O2S. The molecule has 186 valence electrons. The Kier molecular flexibility index (Phi) is 6.51. The number of ether oxygens (including phenoxy) is 1. The predicted molar refractivity (Wildman–Crippen MR) is 147 cm³/mol. The number of carbonyl (C=O) groups excluding carboxylic acids is 1. The number of rotatable bonds is 5. The molecule has 1 aliphatic rings. The summed E-state index contributed by atoms with van der Waals surface area (Å²) in [4.78, 5) is 28.9. The lowest BCUT2D eigenvalue weighted by molar-refractivity contribution is 0.208. The Labute approximate surface area is 214 Å². The maximum atomic E-state index is 12.9. The zero-order valence-electron chi connectivity index (χ0n) is 20.6. The molecule has 2 amide bonds. The van der Waals surface area contributed by atoms with E-state index in [1.807, 2.05) is 72.4 Å². The molecule has 36 heavy (non-hydrogen) atoms. The van der Waals surface area contributed by atoms with Gasteiger partial charge in [0.2, 0.25) is 5.95 Å². The van der Waals surface area contributed by atoms with Crippen LogP contribution >= 0.6 is 11.3 Å². The Morgan fingerprint density at radius 1 is 1.03 bits per heavy atom. The first-order chi connectivity index (χ1) is 17.4. The molecule has 1 fully saturated rings. The highest BCUT2D eigenvalue weighted by atomic mass is 32.1. The van der Waals surface area contributed by atoms with Gasteiger partial charge in [-0.05, 0) is 42.0 Å². The average Bonchev–Trinajstić information content (AvgIpc) is 3.32. The van der Waals surface area contributed by atoms with E-state index in [-0.39, 0.29) is 12.0 Å². The van der Waals surface area contributed by atoms with Crippen molar-refractivity contribution in [1.82, 2.24) is 14.9 Å². The van der Waals surface area contributed by atoms with Gasteiger partial charge in [-0.3, -0.25) is 0 Å². The van der Waals surface area contributed by atoms with Crippen molar-refractivity contribution in [2.75, 3.05) is 68.2 Å². The molecule has 0 radical (unpaired) electrons. The highest BCUT2D eigenvalue weighted by Crippen LogP contribution is 2.39. The first-order valence-corrected chi connectivity index (χ1v) is 12.6. The number of fused-ring (bicyclic) bond motifs is 1. The Morgan fingerprint density at radius 2 is 1.72 bits per heavy atom. The van der Waals surface area contributed by atoms with Crippen LogP contribution in [0.25, 0.3) is 21.3 Å². The Hall–Kier alpha value is -4.05. The predicted octanol–water partition coefficient (Wildman–Crippen LogP) is 4.37. The van der Waals surface area contributed by atoms with Crippen LogP contribution < -0.4 is 25.6 Å². The summed E-state index contributed by atoms with van der Waals surface area (Å²) in [6.07, 6.45) is 0. The number of urea groups is 1. The van der Waals surface area contributed by atoms with Crippen molar-refractivity contribution in [2.45, 2.75) is 0 Å². The number of carbonyl (C=O) groups is 1. The number of amides is 2. The van der Waals surface area contributed by atoms with Gasteiger partial charge in [0.05, 0.1) is 12.5 Å². The number of nitrogens with zero attached hydrogens (tertiary/aromatic N) is 5. The zero-order chi connectivity index (χ0) is 25.2. The van der Waals surface area contributed by atoms with E-state index in [0.717, 1.165) is 44.3 Å². The summed E-state index contributed by atoms with van der Waals surface area (Å²) in [7, 11) is 5.63. The third-order valence-corrected chi connectivity index (χ3v) is 7.21. The number of thiophene rings is 1. The van der Waals surface area contributed by atoms with Gasteiger partial charge >= 0.3 is 6.03 Å². The maximum Gasteiger partial charge on any atom is 0.321 e. The van der Waals surface area contributed by atoms with Gasteiger partial charge in [-0.1, -0.05) is 12.1 Å². The second kappa shape index (κ2) is 9.90. The van der Waals surface area contributed by atoms with E-state index in [0.29, 0.717) is 26.2 Å². The molecule has 1 aliphatic heterocycles. The molecular weight excluding hydrogens is 474 g/mol. The van der Waals surface area contributed by atoms with Crippen LogP contribution in [0.1, 0.15) is 0 Å². The minimum absolute atomic E-state index is 0.103. The molecule has 4 aromatic rings. The van der Waals surface area contributed by atoms with E-state index < -0.39 is 0 Å². The fourth-order valence-electron chi connectivity index (χ4n) is 4.32. The average molecular weight is 504 g/mol. The van der Waals surface area contributed by atoms with Gasteiger partial charge < -0.3 is 30.5 Å². The lowest BCUT2D eigenvalue weighted by atomic mass is 10.1. The van der Waals surface area contributed by atoms with Crippen molar-refractivity contribution in [2.24, 2.45) is 0 Å². The molecule has 10 heteroatoms. The van der Waals surface area contributed by atoms with Gasteiger partial charge in [0.1, 0.15) is 16.4 Å². The molecule has 2 aromatic carbocycles. The lowest BCUT2D eigenvalue weighted by Gasteiger charge is -2.35. The molecule has 0 spiro atoms. The monoisotopic (exact) mass is 503 g/mol. The van der Waals surface area contributed by atoms with Crippen molar-refractivity contribution in [3.05, 3.63) is 53.9 Å². The van der Waals surface area contributed by atoms with Gasteiger partial charge in [-0.2, -0.15) is 4.98 Å². The van der Waals surface area contributed by atoms with Crippen LogP contribution in [0.3, 0.4) is 0 Å². The largest absolute Gasteiger partial charge is 0.497 e. The number of methoxy groups -OCH3 is 1. The van der Waals surface area contributed by atoms with Crippen molar-refractivity contribution in [3.8, 4) is 16.9 Å². The minimum atomic E-state index is -0.103. The first-order valence-electron chi connectivity index (χ1n) is 11.7. The third-order valence-electron chi connectivity index (χ3n) is 6.33. The minimum Gasteiger partial charge on any atom is -0.497 e. The quantitative estimate of drug-likeness (QED) is 0.417. The molecule has 9 nitrogen and oxygen atoms in total. The van der Waals surface area contributed by atoms with Crippen LogP contribution in [-0.2, 0) is 0 Å². The summed E-state index contributed by atoms with van der Waals surface area (Å²) >= 11 is 1.55. The summed E-state index contributed by atoms with van der Waals surface area (Å²) in [5.74, 6) is 1.87. The van der Waals surface area contributed by atoms with E-state index in [9.17, 15) is 4.79 Å². The number of hydrogen-bond acceptors (Lipinski definition) is 8. The molecule has 3 N–H and O–H groups in total. The molecule has 0 saturated carbocycles. The number of hydrogen-bond donors (Lipinski definition) is 2. The standard InChI is InChI=1S/C26H29N7O2S/c1-31(2)19-8-6-18(7-9-19)28-26(34)33-14-12-32(13-15-33)23-22-21(16-36-24(22)30-25(27)29-23)17-4-10-20(35-3)11-5-17/h4-11,16H,12-15H2,1-3H3,(H,28,34)(H2,27,29,30). The summed E-state index contributed by atoms with van der Waals surface area (Å²) in [5.41, 5.74) is 10.1. The van der Waals surface area contributed by atoms with Crippen molar-refractivity contribution in [3.63, 3.8) is 0 Å². The number of piperazine rings is 1. The van der Waals surface area contributed by atoms with Crippen molar-refractivity contribution >= 4 is 50.7 Å². The number of nitrogen functional groups attached to an aromatic ring is 1. The van der Waals surface area contributed by atoms with E-state index in [1.165, 1.54) is 0 Å². The van der Waals surface area contributed by atoms with E-state index in [1.54, 1.807) is 18.4 Å². The van der Waals surface area contributed by atoms with E-state index >= 15 is 0 Å². The molecule has 0 atom stereocenters. The molecule has 0 unspecified atom stereocenters. The molecule has 0 bridgehead atoms. The van der Waals surface area contributed by atoms with Crippen LogP contribution in [0.5, 0.6) is 5.75 Å². The number of nitrogens with one attached hydrogen (secondary N) is 1. The van der Waals surface area contributed by atoms with Crippen LogP contribution in [0.4, 0.5) is 27.9 Å². The van der Waals surface area contributed by atoms with Gasteiger partial charge in [0.15, 0.2) is 0 Å². The van der Waals surface area contributed by atoms with Crippen molar-refractivity contribution in [1.29, 1.82) is 0 Å². The SMILES string of the molecule is COc1ccc(-c2csc3nc(N)nc(N4CCN(C(=O)Nc5ccc(N(C)C)cc5)CC4)c23)cc1. The van der Waals surface area contributed by atoms with E-state index in [4.69, 9.17) is 10.5 Å². The zero-order valence-corrected chi connectivity index (χ0v) is 21.4. The Morgan fingerprint density at radius 3 is 2.36 bits per heavy atom. The summed E-state index contributed by atoms with van der Waals surface area (Å²) < 4.78 is 5.30. The van der Waals surface area contributed by atoms with Crippen molar-refractivity contribution < 1.29 is 9.53 Å². The fraction of sp³-hybridized carbons (Fsp3) is 0.269. The second-order valence-electron chi connectivity index (χ2n) is 8.81. The lowest BCUT2D eigenvalue weighted by Crippen LogP contribution is -2.50. The normalized spacial score (nSPS) is 13.6.